The van der Waals surface area contributed by atoms with Crippen LogP contribution >= 0.6 is 0 Å². The molecule has 1 aliphatic rings. The van der Waals surface area contributed by atoms with Crippen LogP contribution < -0.4 is 4.90 Å². The van der Waals surface area contributed by atoms with E-state index < -0.39 is 0 Å². The van der Waals surface area contributed by atoms with Gasteiger partial charge in [-0.05, 0) is 205 Å². The van der Waals surface area contributed by atoms with E-state index in [1.54, 1.807) is 11.1 Å². The van der Waals surface area contributed by atoms with E-state index in [4.69, 9.17) is 0 Å². The topological polar surface area (TPSA) is 13.1 Å². The Labute approximate surface area is 582 Å². The predicted octanol–water partition coefficient (Wildman–Crippen LogP) is 28.5. The zero-order valence-corrected chi connectivity index (χ0v) is 59.9. The van der Waals surface area contributed by atoms with Crippen LogP contribution in [0.3, 0.4) is 0 Å². The molecule has 10 aromatic carbocycles. The summed E-state index contributed by atoms with van der Waals surface area (Å²) in [5, 5.41) is 5.05. The Morgan fingerprint density at radius 1 is 0.299 bits per heavy atom. The van der Waals surface area contributed by atoms with Crippen molar-refractivity contribution in [3.05, 3.63) is 245 Å². The molecule has 0 unspecified atom stereocenters. The Morgan fingerprint density at radius 3 is 1.27 bits per heavy atom. The van der Waals surface area contributed by atoms with Gasteiger partial charge in [0.15, 0.2) is 0 Å². The van der Waals surface area contributed by atoms with Gasteiger partial charge in [-0.15, -0.1) is 0 Å². The fraction of sp³-hybridized carbons (Fsp3) is 0.362. The average molecular weight is 1280 g/mol. The van der Waals surface area contributed by atoms with E-state index in [9.17, 15) is 0 Å². The number of anilines is 3. The zero-order chi connectivity index (χ0) is 66.7. The highest BCUT2D eigenvalue weighted by atomic mass is 15.1. The molecule has 0 N–H and O–H groups in total. The molecule has 0 spiro atoms. The smallest absolute Gasteiger partial charge is 0.0561 e. The third kappa shape index (κ3) is 14.5. The number of unbranched alkanes of at least 4 members (excludes halogenated alkanes) is 20. The van der Waals surface area contributed by atoms with Crippen LogP contribution in [-0.2, 0) is 11.8 Å². The first-order valence-electron chi connectivity index (χ1n) is 38.2. The van der Waals surface area contributed by atoms with Crippen molar-refractivity contribution in [3.8, 4) is 44.8 Å². The van der Waals surface area contributed by atoms with Gasteiger partial charge in [-0.1, -0.05) is 289 Å². The van der Waals surface area contributed by atoms with Crippen molar-refractivity contribution in [2.24, 2.45) is 0 Å². The first-order valence-corrected chi connectivity index (χ1v) is 38.2. The molecular weight excluding hydrogens is 1170 g/mol. The molecule has 0 amide bonds. The van der Waals surface area contributed by atoms with Gasteiger partial charge in [0, 0.05) is 55.4 Å². The second-order valence-corrected chi connectivity index (χ2v) is 29.2. The van der Waals surface area contributed by atoms with Crippen LogP contribution in [0, 0.1) is 27.7 Å². The van der Waals surface area contributed by atoms with E-state index >= 15 is 0 Å². The third-order valence-electron chi connectivity index (χ3n) is 22.3. The molecule has 0 fully saturated rings. The maximum Gasteiger partial charge on any atom is 0.0561 e. The molecule has 13 rings (SSSR count). The lowest BCUT2D eigenvalue weighted by Gasteiger charge is -2.34. The molecule has 0 atom stereocenters. The van der Waals surface area contributed by atoms with Crippen LogP contribution in [-0.4, -0.2) is 9.13 Å². The lowest BCUT2D eigenvalue weighted by molar-refractivity contribution is 0.396. The van der Waals surface area contributed by atoms with Gasteiger partial charge in [0.1, 0.15) is 0 Å². The van der Waals surface area contributed by atoms with Crippen molar-refractivity contribution in [2.75, 3.05) is 4.90 Å². The van der Waals surface area contributed by atoms with Crippen LogP contribution in [0.4, 0.5) is 17.1 Å². The maximum absolute atomic E-state index is 2.68. The SMILES string of the molecule is CCCCCCCCCCCCC1(CCCCCCCCCCCC)c2cc(C)c(C)cc2-c2cc(C)c(-c3ccc(N(c4ccc(C)cc4)c4ccc(-c5ccc6c7ccccc7n(-c7ccc8c9ccccc9n(-c9ccc(CCCCC)cc9)c8c7)c6c5)cc4)cc3)cc21. The number of fused-ring (bicyclic) bond motifs is 9. The molecule has 0 saturated heterocycles. The number of rotatable bonds is 33. The molecule has 2 heterocycles. The third-order valence-corrected chi connectivity index (χ3v) is 22.3. The number of aryl methyl sites for hydroxylation is 5. The minimum Gasteiger partial charge on any atom is -0.311 e. The monoisotopic (exact) mass is 1280 g/mol. The molecule has 97 heavy (non-hydrogen) atoms. The molecule has 0 radical (unpaired) electrons. The zero-order valence-electron chi connectivity index (χ0n) is 59.9. The molecule has 3 nitrogen and oxygen atoms in total. The molecule has 0 bridgehead atoms. The second-order valence-electron chi connectivity index (χ2n) is 29.2. The van der Waals surface area contributed by atoms with Crippen molar-refractivity contribution in [2.45, 2.75) is 221 Å². The Kier molecular flexibility index (Phi) is 21.8. The summed E-state index contributed by atoms with van der Waals surface area (Å²) in [6, 6.07) is 79.6. The standard InChI is InChI=1S/C94H107N3/c1-8-11-14-16-18-20-22-24-26-33-60-94(61-34-27-25-23-21-19-17-15-12-9-2)88-64-70(6)69(5)62-86(88)87-63-71(7)85(67-89(87)94)74-46-55-78(56-47-74)95(76-49-40-68(4)41-50-76)77-53-44-73(45-54-77)75-48-58-83-81-36-30-32-39-91(81)97(92(83)65-75)80-57-59-84-82-37-29-31-38-90(82)96(93(84)66-80)79-51-42-72(43-52-79)35-28-13-10-3/h29-32,36-59,62-67H,8-28,33-35,60-61H2,1-7H3. The van der Waals surface area contributed by atoms with Crippen molar-refractivity contribution in [1.29, 1.82) is 0 Å². The summed E-state index contributed by atoms with van der Waals surface area (Å²) in [4.78, 5) is 2.44. The molecule has 498 valence electrons. The summed E-state index contributed by atoms with van der Waals surface area (Å²) in [7, 11) is 0. The molecular formula is C94H107N3. The van der Waals surface area contributed by atoms with E-state index in [1.165, 1.54) is 271 Å². The average Bonchev–Trinajstić information content (AvgIpc) is 1.57. The number of nitrogens with zero attached hydrogens (tertiary/aromatic N) is 3. The van der Waals surface area contributed by atoms with Gasteiger partial charge in [-0.25, -0.2) is 0 Å². The van der Waals surface area contributed by atoms with Gasteiger partial charge in [-0.3, -0.25) is 0 Å². The summed E-state index contributed by atoms with van der Waals surface area (Å²) in [5.41, 5.74) is 28.7. The van der Waals surface area contributed by atoms with Crippen molar-refractivity contribution < 1.29 is 0 Å². The number of hydrogen-bond donors (Lipinski definition) is 0. The number of benzene rings is 10. The van der Waals surface area contributed by atoms with Gasteiger partial charge < -0.3 is 14.0 Å². The van der Waals surface area contributed by atoms with Crippen LogP contribution in [0.25, 0.3) is 88.4 Å². The minimum atomic E-state index is 0.0176. The summed E-state index contributed by atoms with van der Waals surface area (Å²) in [5.74, 6) is 0. The molecule has 1 aliphatic carbocycles. The Balaban J connectivity index is 0.806. The van der Waals surface area contributed by atoms with E-state index in [1.807, 2.05) is 0 Å². The Hall–Kier alpha value is -8.40. The largest absolute Gasteiger partial charge is 0.311 e. The van der Waals surface area contributed by atoms with Crippen LogP contribution in [0.2, 0.25) is 0 Å². The maximum atomic E-state index is 2.68. The quantitative estimate of drug-likeness (QED) is 0.0374. The van der Waals surface area contributed by atoms with Gasteiger partial charge in [0.05, 0.1) is 22.1 Å². The van der Waals surface area contributed by atoms with Crippen molar-refractivity contribution in [3.63, 3.8) is 0 Å². The highest BCUT2D eigenvalue weighted by molar-refractivity contribution is 6.12. The molecule has 2 aromatic heterocycles. The Morgan fingerprint density at radius 2 is 0.711 bits per heavy atom. The summed E-state index contributed by atoms with van der Waals surface area (Å²) in [6.45, 7) is 16.2. The first kappa shape index (κ1) is 67.2. The van der Waals surface area contributed by atoms with Crippen LogP contribution in [0.5, 0.6) is 0 Å². The summed E-state index contributed by atoms with van der Waals surface area (Å²) in [6.07, 6.45) is 34.6. The predicted molar refractivity (Wildman–Crippen MR) is 422 cm³/mol. The fourth-order valence-electron chi connectivity index (χ4n) is 16.6. The highest BCUT2D eigenvalue weighted by Crippen LogP contribution is 2.56. The van der Waals surface area contributed by atoms with Crippen LogP contribution in [0.15, 0.2) is 206 Å². The molecule has 0 aliphatic heterocycles. The lowest BCUT2D eigenvalue weighted by Crippen LogP contribution is -2.26. The lowest BCUT2D eigenvalue weighted by atomic mass is 9.69. The van der Waals surface area contributed by atoms with Crippen molar-refractivity contribution in [1.82, 2.24) is 9.13 Å². The molecule has 3 heteroatoms. The van der Waals surface area contributed by atoms with E-state index in [0.717, 1.165) is 29.2 Å². The first-order chi connectivity index (χ1) is 47.7. The highest BCUT2D eigenvalue weighted by Gasteiger charge is 2.43. The number of aromatic nitrogens is 2. The van der Waals surface area contributed by atoms with E-state index in [2.05, 4.69) is 269 Å². The normalized spacial score (nSPS) is 12.6. The van der Waals surface area contributed by atoms with Gasteiger partial charge in [-0.2, -0.15) is 0 Å². The van der Waals surface area contributed by atoms with E-state index in [-0.39, 0.29) is 5.41 Å². The minimum absolute atomic E-state index is 0.0176. The number of para-hydroxylation sites is 2. The van der Waals surface area contributed by atoms with Gasteiger partial charge in [0.2, 0.25) is 0 Å². The van der Waals surface area contributed by atoms with Crippen LogP contribution in [0.1, 0.15) is 220 Å². The summed E-state index contributed by atoms with van der Waals surface area (Å²) < 4.78 is 4.96. The van der Waals surface area contributed by atoms with Crippen molar-refractivity contribution >= 4 is 60.7 Å². The number of hydrogen-bond acceptors (Lipinski definition) is 1. The fourth-order valence-corrected chi connectivity index (χ4v) is 16.6. The van der Waals surface area contributed by atoms with Gasteiger partial charge >= 0.3 is 0 Å². The second kappa shape index (κ2) is 31.4. The Bertz CT molecular complexity index is 4560. The summed E-state index contributed by atoms with van der Waals surface area (Å²) >= 11 is 0. The van der Waals surface area contributed by atoms with Gasteiger partial charge in [0.25, 0.3) is 0 Å². The molecule has 0 saturated carbocycles. The van der Waals surface area contributed by atoms with E-state index in [0.29, 0.717) is 0 Å². The molecule has 12 aromatic rings.